The summed E-state index contributed by atoms with van der Waals surface area (Å²) in [6.07, 6.45) is 4.79. The van der Waals surface area contributed by atoms with E-state index in [1.54, 1.807) is 0 Å². The fourth-order valence-corrected chi connectivity index (χ4v) is 7.01. The van der Waals surface area contributed by atoms with Crippen molar-refractivity contribution >= 4 is 33.9 Å². The number of anilines is 2. The smallest absolute Gasteiger partial charge is 0.318 e. The van der Waals surface area contributed by atoms with Gasteiger partial charge in [-0.3, -0.25) is 4.90 Å². The Morgan fingerprint density at radius 2 is 2.02 bits per heavy atom. The summed E-state index contributed by atoms with van der Waals surface area (Å²) >= 11 is 6.71. The molecule has 0 saturated carbocycles. The minimum atomic E-state index is 0.126. The molecule has 3 aliphatic rings. The molecule has 0 aliphatic carbocycles. The number of nitriles is 1. The van der Waals surface area contributed by atoms with Crippen molar-refractivity contribution in [2.24, 2.45) is 0 Å². The predicted octanol–water partition coefficient (Wildman–Crippen LogP) is 3.99. The third-order valence-electron chi connectivity index (χ3n) is 8.86. The standard InChI is InChI=1S/C32H41ClN8O/c1-35-14-5-17-39-16-4-8-25(39)22-42-32-37-28-21-40(29-10-3-7-23-6-2-9-27(33)30(23)29)18-12-26(28)31(38-32)41-19-15-36-24(20-41)11-13-34/h2-3,6-7,9-10,24-25,35-36H,4-5,8,11-12,14-22H2,1H3/t24-,25-/m0/s1. The molecule has 4 heterocycles. The molecule has 0 bridgehead atoms. The highest BCUT2D eigenvalue weighted by Gasteiger charge is 2.30. The number of hydrogen-bond acceptors (Lipinski definition) is 9. The Morgan fingerprint density at radius 1 is 1.14 bits per heavy atom. The third-order valence-corrected chi connectivity index (χ3v) is 9.18. The number of halogens is 1. The van der Waals surface area contributed by atoms with Gasteiger partial charge >= 0.3 is 6.01 Å². The number of hydrogen-bond donors (Lipinski definition) is 2. The van der Waals surface area contributed by atoms with E-state index in [2.05, 4.69) is 55.7 Å². The molecule has 9 nitrogen and oxygen atoms in total. The van der Waals surface area contributed by atoms with E-state index in [1.165, 1.54) is 12.0 Å². The Balaban J connectivity index is 1.28. The maximum atomic E-state index is 9.33. The maximum Gasteiger partial charge on any atom is 0.318 e. The van der Waals surface area contributed by atoms with Crippen LogP contribution < -0.4 is 25.2 Å². The van der Waals surface area contributed by atoms with Crippen LogP contribution in [0.5, 0.6) is 6.01 Å². The van der Waals surface area contributed by atoms with Crippen molar-refractivity contribution < 1.29 is 4.74 Å². The zero-order chi connectivity index (χ0) is 28.9. The van der Waals surface area contributed by atoms with Gasteiger partial charge in [0.2, 0.25) is 0 Å². The molecule has 0 radical (unpaired) electrons. The Labute approximate surface area is 253 Å². The Kier molecular flexibility index (Phi) is 9.25. The number of piperazine rings is 1. The summed E-state index contributed by atoms with van der Waals surface area (Å²) in [5.41, 5.74) is 3.33. The van der Waals surface area contributed by atoms with Gasteiger partial charge in [-0.1, -0.05) is 35.9 Å². The van der Waals surface area contributed by atoms with Gasteiger partial charge in [0.05, 0.1) is 29.8 Å². The monoisotopic (exact) mass is 588 g/mol. The van der Waals surface area contributed by atoms with Gasteiger partial charge in [-0.15, -0.1) is 0 Å². The van der Waals surface area contributed by atoms with Gasteiger partial charge in [-0.25, -0.2) is 0 Å². The molecule has 0 spiro atoms. The molecule has 1 aromatic heterocycles. The molecule has 10 heteroatoms. The lowest BCUT2D eigenvalue weighted by Crippen LogP contribution is -2.51. The van der Waals surface area contributed by atoms with Crippen LogP contribution in [0.2, 0.25) is 5.02 Å². The zero-order valence-electron chi connectivity index (χ0n) is 24.5. The van der Waals surface area contributed by atoms with Crippen LogP contribution in [0.25, 0.3) is 10.8 Å². The molecule has 42 heavy (non-hydrogen) atoms. The van der Waals surface area contributed by atoms with Gasteiger partial charge < -0.3 is 25.2 Å². The lowest BCUT2D eigenvalue weighted by molar-refractivity contribution is 0.163. The van der Waals surface area contributed by atoms with Crippen LogP contribution in [-0.4, -0.2) is 86.4 Å². The van der Waals surface area contributed by atoms with Crippen molar-refractivity contribution in [2.75, 3.05) is 69.3 Å². The molecule has 3 aliphatic heterocycles. The van der Waals surface area contributed by atoms with Crippen LogP contribution in [0, 0.1) is 11.3 Å². The van der Waals surface area contributed by atoms with Crippen molar-refractivity contribution in [1.82, 2.24) is 25.5 Å². The lowest BCUT2D eigenvalue weighted by atomic mass is 10.0. The van der Waals surface area contributed by atoms with Gasteiger partial charge in [0.25, 0.3) is 0 Å². The largest absolute Gasteiger partial charge is 0.462 e. The molecule has 6 rings (SSSR count). The topological polar surface area (TPSA) is 92.6 Å². The van der Waals surface area contributed by atoms with Gasteiger partial charge in [0.1, 0.15) is 12.4 Å². The third kappa shape index (κ3) is 6.28. The summed E-state index contributed by atoms with van der Waals surface area (Å²) in [4.78, 5) is 17.3. The number of rotatable bonds is 10. The summed E-state index contributed by atoms with van der Waals surface area (Å²) in [7, 11) is 2.01. The molecule has 2 N–H and O–H groups in total. The highest BCUT2D eigenvalue weighted by Crippen LogP contribution is 2.37. The van der Waals surface area contributed by atoms with Crippen molar-refractivity contribution in [2.45, 2.75) is 50.7 Å². The van der Waals surface area contributed by atoms with Crippen molar-refractivity contribution in [3.63, 3.8) is 0 Å². The van der Waals surface area contributed by atoms with Crippen LogP contribution >= 0.6 is 11.6 Å². The van der Waals surface area contributed by atoms with E-state index in [0.29, 0.717) is 31.6 Å². The highest BCUT2D eigenvalue weighted by atomic mass is 35.5. The number of ether oxygens (including phenoxy) is 1. The summed E-state index contributed by atoms with van der Waals surface area (Å²) in [5.74, 6) is 0.965. The fourth-order valence-electron chi connectivity index (χ4n) is 6.73. The quantitative estimate of drug-likeness (QED) is 0.341. The number of nitrogens with zero attached hydrogens (tertiary/aromatic N) is 6. The average Bonchev–Trinajstić information content (AvgIpc) is 3.47. The van der Waals surface area contributed by atoms with Crippen LogP contribution in [0.3, 0.4) is 0 Å². The Morgan fingerprint density at radius 3 is 2.88 bits per heavy atom. The number of fused-ring (bicyclic) bond motifs is 2. The molecule has 2 fully saturated rings. The Hall–Kier alpha value is -3.16. The van der Waals surface area contributed by atoms with E-state index >= 15 is 0 Å². The summed E-state index contributed by atoms with van der Waals surface area (Å²) in [6.45, 7) is 7.76. The first kappa shape index (κ1) is 28.9. The van der Waals surface area contributed by atoms with Gasteiger partial charge in [-0.05, 0) is 69.9 Å². The van der Waals surface area contributed by atoms with Crippen LogP contribution in [-0.2, 0) is 13.0 Å². The molecule has 3 aromatic rings. The SMILES string of the molecule is CNCCCN1CCC[C@H]1COc1nc2c(c(N3CCN[C@@H](CC#N)C3)n1)CCN(c1cccc3cccc(Cl)c13)C2. The predicted molar refractivity (Wildman–Crippen MR) is 169 cm³/mol. The Bertz CT molecular complexity index is 1420. The van der Waals surface area contributed by atoms with E-state index in [4.69, 9.17) is 26.3 Å². The minimum absolute atomic E-state index is 0.126. The van der Waals surface area contributed by atoms with E-state index in [0.717, 1.165) is 98.1 Å². The van der Waals surface area contributed by atoms with Crippen LogP contribution in [0.4, 0.5) is 11.5 Å². The second-order valence-electron chi connectivity index (χ2n) is 11.6. The van der Waals surface area contributed by atoms with E-state index in [1.807, 2.05) is 19.2 Å². The van der Waals surface area contributed by atoms with Crippen LogP contribution in [0.1, 0.15) is 36.9 Å². The maximum absolute atomic E-state index is 9.33. The molecule has 222 valence electrons. The normalized spacial score (nSPS) is 21.0. The second kappa shape index (κ2) is 13.4. The zero-order valence-corrected chi connectivity index (χ0v) is 25.2. The van der Waals surface area contributed by atoms with E-state index in [-0.39, 0.29) is 6.04 Å². The van der Waals surface area contributed by atoms with Crippen molar-refractivity contribution in [3.8, 4) is 12.1 Å². The average molecular weight is 589 g/mol. The number of nitrogens with one attached hydrogen (secondary N) is 2. The first-order valence-electron chi connectivity index (χ1n) is 15.3. The van der Waals surface area contributed by atoms with Gasteiger partial charge in [-0.2, -0.15) is 15.2 Å². The summed E-state index contributed by atoms with van der Waals surface area (Å²) in [5, 5.41) is 19.1. The lowest BCUT2D eigenvalue weighted by Gasteiger charge is -2.37. The van der Waals surface area contributed by atoms with E-state index < -0.39 is 0 Å². The molecular weight excluding hydrogens is 548 g/mol. The van der Waals surface area contributed by atoms with Gasteiger partial charge in [0.15, 0.2) is 0 Å². The van der Waals surface area contributed by atoms with Crippen molar-refractivity contribution in [3.05, 3.63) is 52.7 Å². The second-order valence-corrected chi connectivity index (χ2v) is 12.0. The molecule has 0 amide bonds. The molecule has 2 saturated heterocycles. The minimum Gasteiger partial charge on any atom is -0.462 e. The van der Waals surface area contributed by atoms with Gasteiger partial charge in [0, 0.05) is 54.9 Å². The molecule has 2 aromatic carbocycles. The molecule has 0 unspecified atom stereocenters. The number of benzene rings is 2. The molecule has 2 atom stereocenters. The first-order valence-corrected chi connectivity index (χ1v) is 15.7. The van der Waals surface area contributed by atoms with Crippen LogP contribution in [0.15, 0.2) is 36.4 Å². The number of likely N-dealkylation sites (tertiary alicyclic amines) is 1. The summed E-state index contributed by atoms with van der Waals surface area (Å²) in [6, 6.07) is 15.7. The van der Waals surface area contributed by atoms with Crippen molar-refractivity contribution in [1.29, 1.82) is 5.26 Å². The van der Waals surface area contributed by atoms with E-state index in [9.17, 15) is 5.26 Å². The molecular formula is C32H41ClN8O. The first-order chi connectivity index (χ1) is 20.6. The highest BCUT2D eigenvalue weighted by molar-refractivity contribution is 6.36. The summed E-state index contributed by atoms with van der Waals surface area (Å²) < 4.78 is 6.41. The number of aromatic nitrogens is 2. The fraction of sp³-hybridized carbons (Fsp3) is 0.531.